The van der Waals surface area contributed by atoms with E-state index in [4.69, 9.17) is 0 Å². The number of amides is 1. The standard InChI is InChI=1S/C9H7F6N3O3/c1-21-6(19)5-4(17-7(20)9(13,14)15)2-16-18(5)3-8(10,11)12/h2H,3H2,1H3,(H,17,20). The van der Waals surface area contributed by atoms with Crippen LogP contribution in [0.2, 0.25) is 0 Å². The predicted molar refractivity (Wildman–Crippen MR) is 54.3 cm³/mol. The van der Waals surface area contributed by atoms with Crippen LogP contribution in [0, 0.1) is 0 Å². The Morgan fingerprint density at radius 2 is 1.86 bits per heavy atom. The van der Waals surface area contributed by atoms with Gasteiger partial charge in [0.25, 0.3) is 0 Å². The van der Waals surface area contributed by atoms with E-state index in [1.54, 1.807) is 0 Å². The molecule has 0 radical (unpaired) electrons. The molecule has 0 bridgehead atoms. The van der Waals surface area contributed by atoms with Crippen molar-refractivity contribution in [3.63, 3.8) is 0 Å². The first-order chi connectivity index (χ1) is 9.45. The van der Waals surface area contributed by atoms with E-state index in [-0.39, 0.29) is 4.68 Å². The van der Waals surface area contributed by atoms with Crippen LogP contribution >= 0.6 is 0 Å². The van der Waals surface area contributed by atoms with E-state index in [9.17, 15) is 35.9 Å². The van der Waals surface area contributed by atoms with Gasteiger partial charge in [0.05, 0.1) is 19.0 Å². The van der Waals surface area contributed by atoms with Gasteiger partial charge in [-0.3, -0.25) is 4.79 Å². The summed E-state index contributed by atoms with van der Waals surface area (Å²) in [5.41, 5.74) is -1.79. The van der Waals surface area contributed by atoms with Crippen LogP contribution in [0.3, 0.4) is 0 Å². The van der Waals surface area contributed by atoms with E-state index in [0.717, 1.165) is 7.11 Å². The van der Waals surface area contributed by atoms with E-state index in [2.05, 4.69) is 9.84 Å². The Kier molecular flexibility index (Phi) is 4.49. The summed E-state index contributed by atoms with van der Waals surface area (Å²) in [5.74, 6) is -3.84. The van der Waals surface area contributed by atoms with Crippen LogP contribution in [-0.4, -0.2) is 41.1 Å². The number of nitrogens with zero attached hydrogens (tertiary/aromatic N) is 2. The number of carbonyl (C=O) groups excluding carboxylic acids is 2. The lowest BCUT2D eigenvalue weighted by molar-refractivity contribution is -0.167. The predicted octanol–water partition coefficient (Wildman–Crippen LogP) is 1.73. The first kappa shape index (κ1) is 16.8. The molecule has 1 aromatic heterocycles. The normalized spacial score (nSPS) is 12.1. The van der Waals surface area contributed by atoms with Crippen molar-refractivity contribution < 1.29 is 40.7 Å². The molecule has 0 saturated carbocycles. The van der Waals surface area contributed by atoms with Crippen molar-refractivity contribution >= 4 is 17.6 Å². The fraction of sp³-hybridized carbons (Fsp3) is 0.444. The molecule has 0 unspecified atom stereocenters. The van der Waals surface area contributed by atoms with Crippen molar-refractivity contribution in [3.8, 4) is 0 Å². The Labute approximate surface area is 112 Å². The molecule has 6 nitrogen and oxygen atoms in total. The molecule has 0 aromatic carbocycles. The SMILES string of the molecule is COC(=O)c1c(NC(=O)C(F)(F)F)cnn1CC(F)(F)F. The number of nitrogens with one attached hydrogen (secondary N) is 1. The average molecular weight is 319 g/mol. The molecule has 0 spiro atoms. The highest BCUT2D eigenvalue weighted by Gasteiger charge is 2.40. The molecule has 1 heterocycles. The highest BCUT2D eigenvalue weighted by Crippen LogP contribution is 2.24. The summed E-state index contributed by atoms with van der Waals surface area (Å²) in [4.78, 5) is 22.1. The zero-order chi connectivity index (χ0) is 16.4. The number of hydrogen-bond donors (Lipinski definition) is 1. The van der Waals surface area contributed by atoms with Crippen molar-refractivity contribution in [2.24, 2.45) is 0 Å². The van der Waals surface area contributed by atoms with Gasteiger partial charge >= 0.3 is 24.2 Å². The van der Waals surface area contributed by atoms with Gasteiger partial charge in [-0.25, -0.2) is 9.48 Å². The zero-order valence-corrected chi connectivity index (χ0v) is 10.2. The Morgan fingerprint density at radius 1 is 1.29 bits per heavy atom. The molecule has 1 aromatic rings. The van der Waals surface area contributed by atoms with Gasteiger partial charge in [-0.1, -0.05) is 0 Å². The number of alkyl halides is 6. The van der Waals surface area contributed by atoms with Gasteiger partial charge in [0.2, 0.25) is 0 Å². The molecule has 0 aliphatic heterocycles. The molecule has 21 heavy (non-hydrogen) atoms. The summed E-state index contributed by atoms with van der Waals surface area (Å²) < 4.78 is 77.3. The molecule has 118 valence electrons. The van der Waals surface area contributed by atoms with E-state index < -0.39 is 42.2 Å². The fourth-order valence-corrected chi connectivity index (χ4v) is 1.27. The second kappa shape index (κ2) is 5.61. The molecule has 0 aliphatic carbocycles. The summed E-state index contributed by atoms with van der Waals surface area (Å²) in [6.45, 7) is -1.74. The maximum absolute atomic E-state index is 12.3. The number of halogens is 6. The summed E-state index contributed by atoms with van der Waals surface area (Å²) in [5, 5.41) is 4.38. The molecule has 1 amide bonds. The second-order valence-corrected chi connectivity index (χ2v) is 3.62. The minimum absolute atomic E-state index is 0.0812. The third-order valence-corrected chi connectivity index (χ3v) is 2.05. The quantitative estimate of drug-likeness (QED) is 0.680. The van der Waals surface area contributed by atoms with Crippen molar-refractivity contribution in [1.29, 1.82) is 0 Å². The van der Waals surface area contributed by atoms with Gasteiger partial charge in [-0.05, 0) is 0 Å². The fourth-order valence-electron chi connectivity index (χ4n) is 1.27. The summed E-state index contributed by atoms with van der Waals surface area (Å²) in [7, 11) is 0.808. The zero-order valence-electron chi connectivity index (χ0n) is 10.2. The van der Waals surface area contributed by atoms with Crippen LogP contribution in [-0.2, 0) is 16.1 Å². The minimum atomic E-state index is -5.28. The first-order valence-corrected chi connectivity index (χ1v) is 5.04. The van der Waals surface area contributed by atoms with Gasteiger partial charge < -0.3 is 10.1 Å². The third kappa shape index (κ3) is 4.36. The van der Waals surface area contributed by atoms with Crippen LogP contribution < -0.4 is 5.32 Å². The molecule has 1 N–H and O–H groups in total. The maximum atomic E-state index is 12.3. The number of methoxy groups -OCH3 is 1. The molecular weight excluding hydrogens is 312 g/mol. The van der Waals surface area contributed by atoms with E-state index >= 15 is 0 Å². The summed E-state index contributed by atoms with van der Waals surface area (Å²) in [6.07, 6.45) is -9.57. The maximum Gasteiger partial charge on any atom is 0.471 e. The highest BCUT2D eigenvalue weighted by atomic mass is 19.4. The lowest BCUT2D eigenvalue weighted by Crippen LogP contribution is -2.31. The van der Waals surface area contributed by atoms with Gasteiger partial charge in [-0.15, -0.1) is 0 Å². The number of anilines is 1. The van der Waals surface area contributed by atoms with Crippen molar-refractivity contribution in [1.82, 2.24) is 9.78 Å². The monoisotopic (exact) mass is 319 g/mol. The first-order valence-electron chi connectivity index (χ1n) is 5.04. The van der Waals surface area contributed by atoms with Crippen LogP contribution in [0.4, 0.5) is 32.0 Å². The Hall–Kier alpha value is -2.27. The number of ether oxygens (including phenoxy) is 1. The summed E-state index contributed by atoms with van der Waals surface area (Å²) >= 11 is 0. The molecule has 12 heteroatoms. The number of esters is 1. The molecule has 1 rings (SSSR count). The molecule has 0 aliphatic rings. The largest absolute Gasteiger partial charge is 0.471 e. The van der Waals surface area contributed by atoms with Crippen LogP contribution in [0.1, 0.15) is 10.5 Å². The highest BCUT2D eigenvalue weighted by molar-refractivity contribution is 6.01. The number of carbonyl (C=O) groups is 2. The molecular formula is C9H7F6N3O3. The Morgan fingerprint density at radius 3 is 2.29 bits per heavy atom. The van der Waals surface area contributed by atoms with E-state index in [0.29, 0.717) is 6.20 Å². The second-order valence-electron chi connectivity index (χ2n) is 3.62. The molecule has 0 fully saturated rings. The van der Waals surface area contributed by atoms with Gasteiger partial charge in [0.15, 0.2) is 5.69 Å². The van der Waals surface area contributed by atoms with Crippen molar-refractivity contribution in [3.05, 3.63) is 11.9 Å². The summed E-state index contributed by atoms with van der Waals surface area (Å²) in [6, 6.07) is 0. The Balaban J connectivity index is 3.16. The van der Waals surface area contributed by atoms with E-state index in [1.807, 2.05) is 0 Å². The lowest BCUT2D eigenvalue weighted by Gasteiger charge is -2.11. The number of rotatable bonds is 3. The van der Waals surface area contributed by atoms with Gasteiger partial charge in [0.1, 0.15) is 6.54 Å². The molecule has 0 saturated heterocycles. The van der Waals surface area contributed by atoms with E-state index in [1.165, 1.54) is 5.32 Å². The topological polar surface area (TPSA) is 73.2 Å². The molecule has 0 atom stereocenters. The van der Waals surface area contributed by atoms with Crippen molar-refractivity contribution in [2.45, 2.75) is 18.9 Å². The Bertz CT molecular complexity index is 548. The number of hydrogen-bond acceptors (Lipinski definition) is 4. The van der Waals surface area contributed by atoms with Crippen LogP contribution in [0.15, 0.2) is 6.20 Å². The average Bonchev–Trinajstić information content (AvgIpc) is 2.67. The van der Waals surface area contributed by atoms with Crippen molar-refractivity contribution in [2.75, 3.05) is 12.4 Å². The minimum Gasteiger partial charge on any atom is -0.464 e. The third-order valence-electron chi connectivity index (χ3n) is 2.05. The lowest BCUT2D eigenvalue weighted by atomic mass is 10.3. The smallest absolute Gasteiger partial charge is 0.464 e. The van der Waals surface area contributed by atoms with Crippen LogP contribution in [0.25, 0.3) is 0 Å². The number of aromatic nitrogens is 2. The van der Waals surface area contributed by atoms with Gasteiger partial charge in [0, 0.05) is 0 Å². The van der Waals surface area contributed by atoms with Gasteiger partial charge in [-0.2, -0.15) is 31.4 Å². The van der Waals surface area contributed by atoms with Crippen LogP contribution in [0.5, 0.6) is 0 Å².